The van der Waals surface area contributed by atoms with Gasteiger partial charge in [-0.3, -0.25) is 4.79 Å². The van der Waals surface area contributed by atoms with Gasteiger partial charge in [0.2, 0.25) is 5.91 Å². The van der Waals surface area contributed by atoms with Gasteiger partial charge in [0.05, 0.1) is 6.42 Å². The number of carbonyl (C=O) groups is 1. The van der Waals surface area contributed by atoms with Crippen molar-refractivity contribution in [1.29, 1.82) is 0 Å². The number of likely N-dealkylation sites (tertiary alicyclic amines) is 1. The molecule has 0 aliphatic carbocycles. The molecule has 3 rings (SSSR count). The van der Waals surface area contributed by atoms with E-state index in [2.05, 4.69) is 0 Å². The summed E-state index contributed by atoms with van der Waals surface area (Å²) in [6.45, 7) is 1.45. The van der Waals surface area contributed by atoms with E-state index >= 15 is 0 Å². The number of hydrogen-bond acceptors (Lipinski definition) is 1. The summed E-state index contributed by atoms with van der Waals surface area (Å²) in [5, 5.41) is 0. The van der Waals surface area contributed by atoms with Crippen LogP contribution in [0.25, 0.3) is 0 Å². The predicted octanol–water partition coefficient (Wildman–Crippen LogP) is 3.38. The molecule has 1 aliphatic rings. The van der Waals surface area contributed by atoms with Crippen molar-refractivity contribution in [3.8, 4) is 0 Å². The molecule has 1 fully saturated rings. The number of carbonyl (C=O) groups excluding carboxylic acids is 1. The fourth-order valence-electron chi connectivity index (χ4n) is 2.90. The van der Waals surface area contributed by atoms with Crippen molar-refractivity contribution >= 4 is 5.91 Å². The Kier molecular flexibility index (Phi) is 4.00. The standard InChI is InChI=1S/C18H18FNO/c19-17-8-4-7-15(12-17)16-9-10-20(13-16)18(21)11-14-5-2-1-3-6-14/h1-8,12,16H,9-11,13H2/t16-/m1/s1. The zero-order chi connectivity index (χ0) is 14.7. The molecule has 1 heterocycles. The average Bonchev–Trinajstić information content (AvgIpc) is 2.98. The maximum absolute atomic E-state index is 13.3. The van der Waals surface area contributed by atoms with Crippen LogP contribution in [0.15, 0.2) is 54.6 Å². The zero-order valence-electron chi connectivity index (χ0n) is 11.8. The van der Waals surface area contributed by atoms with Crippen molar-refractivity contribution in [1.82, 2.24) is 4.90 Å². The molecule has 2 aromatic carbocycles. The first kappa shape index (κ1) is 13.8. The molecule has 1 aliphatic heterocycles. The molecule has 2 nitrogen and oxygen atoms in total. The topological polar surface area (TPSA) is 20.3 Å². The van der Waals surface area contributed by atoms with E-state index in [-0.39, 0.29) is 17.6 Å². The van der Waals surface area contributed by atoms with Gasteiger partial charge in [-0.15, -0.1) is 0 Å². The van der Waals surface area contributed by atoms with Crippen molar-refractivity contribution in [2.75, 3.05) is 13.1 Å². The molecule has 0 unspecified atom stereocenters. The van der Waals surface area contributed by atoms with Crippen LogP contribution in [-0.2, 0) is 11.2 Å². The molecule has 1 amide bonds. The van der Waals surface area contributed by atoms with Gasteiger partial charge in [0, 0.05) is 19.0 Å². The van der Waals surface area contributed by atoms with Gasteiger partial charge in [0.15, 0.2) is 0 Å². The van der Waals surface area contributed by atoms with Gasteiger partial charge in [0.1, 0.15) is 5.82 Å². The third kappa shape index (κ3) is 3.30. The quantitative estimate of drug-likeness (QED) is 0.845. The molecule has 2 aromatic rings. The lowest BCUT2D eigenvalue weighted by atomic mass is 9.98. The van der Waals surface area contributed by atoms with E-state index in [1.54, 1.807) is 12.1 Å². The van der Waals surface area contributed by atoms with E-state index in [9.17, 15) is 9.18 Å². The molecule has 0 saturated carbocycles. The first-order valence-corrected chi connectivity index (χ1v) is 7.29. The maximum Gasteiger partial charge on any atom is 0.227 e. The fraction of sp³-hybridized carbons (Fsp3) is 0.278. The summed E-state index contributed by atoms with van der Waals surface area (Å²) in [7, 11) is 0. The first-order valence-electron chi connectivity index (χ1n) is 7.29. The number of amides is 1. The highest BCUT2D eigenvalue weighted by Crippen LogP contribution is 2.27. The summed E-state index contributed by atoms with van der Waals surface area (Å²) in [6.07, 6.45) is 1.35. The SMILES string of the molecule is O=C(Cc1ccccc1)N1CC[C@@H](c2cccc(F)c2)C1. The van der Waals surface area contributed by atoms with Crippen molar-refractivity contribution in [2.24, 2.45) is 0 Å². The van der Waals surface area contributed by atoms with E-state index in [1.807, 2.05) is 41.3 Å². The summed E-state index contributed by atoms with van der Waals surface area (Å²) in [5.41, 5.74) is 2.03. The minimum Gasteiger partial charge on any atom is -0.342 e. The Morgan fingerprint density at radius 3 is 2.71 bits per heavy atom. The number of rotatable bonds is 3. The van der Waals surface area contributed by atoms with Gasteiger partial charge < -0.3 is 4.90 Å². The molecule has 0 aromatic heterocycles. The Hall–Kier alpha value is -2.16. The molecule has 0 bridgehead atoms. The highest BCUT2D eigenvalue weighted by molar-refractivity contribution is 5.79. The largest absolute Gasteiger partial charge is 0.342 e. The highest BCUT2D eigenvalue weighted by atomic mass is 19.1. The summed E-state index contributed by atoms with van der Waals surface area (Å²) >= 11 is 0. The summed E-state index contributed by atoms with van der Waals surface area (Å²) < 4.78 is 13.3. The molecule has 1 saturated heterocycles. The fourth-order valence-corrected chi connectivity index (χ4v) is 2.90. The maximum atomic E-state index is 13.3. The Bertz CT molecular complexity index is 626. The van der Waals surface area contributed by atoms with Crippen molar-refractivity contribution in [3.05, 3.63) is 71.5 Å². The van der Waals surface area contributed by atoms with Gasteiger partial charge in [0.25, 0.3) is 0 Å². The molecule has 108 valence electrons. The molecule has 3 heteroatoms. The predicted molar refractivity (Wildman–Crippen MR) is 80.5 cm³/mol. The minimum absolute atomic E-state index is 0.153. The van der Waals surface area contributed by atoms with Gasteiger partial charge in [-0.2, -0.15) is 0 Å². The lowest BCUT2D eigenvalue weighted by Gasteiger charge is -2.17. The molecule has 1 atom stereocenters. The zero-order valence-corrected chi connectivity index (χ0v) is 11.8. The number of hydrogen-bond donors (Lipinski definition) is 0. The minimum atomic E-state index is -0.207. The van der Waals surface area contributed by atoms with Crippen molar-refractivity contribution < 1.29 is 9.18 Å². The first-order chi connectivity index (χ1) is 10.2. The Labute approximate surface area is 124 Å². The van der Waals surface area contributed by atoms with Crippen LogP contribution in [0.3, 0.4) is 0 Å². The van der Waals surface area contributed by atoms with Crippen LogP contribution in [0.4, 0.5) is 4.39 Å². The third-order valence-electron chi connectivity index (χ3n) is 4.06. The average molecular weight is 283 g/mol. The van der Waals surface area contributed by atoms with Crippen molar-refractivity contribution in [2.45, 2.75) is 18.8 Å². The van der Waals surface area contributed by atoms with Crippen LogP contribution in [0.1, 0.15) is 23.5 Å². The number of benzene rings is 2. The van der Waals surface area contributed by atoms with E-state index in [0.29, 0.717) is 13.0 Å². The Morgan fingerprint density at radius 2 is 1.95 bits per heavy atom. The smallest absolute Gasteiger partial charge is 0.227 e. The van der Waals surface area contributed by atoms with Gasteiger partial charge in [-0.05, 0) is 29.7 Å². The molecular weight excluding hydrogens is 265 g/mol. The van der Waals surface area contributed by atoms with E-state index in [4.69, 9.17) is 0 Å². The molecule has 21 heavy (non-hydrogen) atoms. The van der Waals surface area contributed by atoms with Crippen LogP contribution < -0.4 is 0 Å². The monoisotopic (exact) mass is 283 g/mol. The van der Waals surface area contributed by atoms with Crippen LogP contribution in [0.2, 0.25) is 0 Å². The highest BCUT2D eigenvalue weighted by Gasteiger charge is 2.27. The van der Waals surface area contributed by atoms with Crippen molar-refractivity contribution in [3.63, 3.8) is 0 Å². The van der Waals surface area contributed by atoms with Crippen LogP contribution >= 0.6 is 0 Å². The van der Waals surface area contributed by atoms with Crippen LogP contribution in [0, 0.1) is 5.82 Å². The van der Waals surface area contributed by atoms with E-state index in [1.165, 1.54) is 6.07 Å². The second-order valence-electron chi connectivity index (χ2n) is 5.54. The van der Waals surface area contributed by atoms with Crippen LogP contribution in [-0.4, -0.2) is 23.9 Å². The molecule has 0 N–H and O–H groups in total. The number of halogens is 1. The van der Waals surface area contributed by atoms with Gasteiger partial charge in [-0.25, -0.2) is 4.39 Å². The summed E-state index contributed by atoms with van der Waals surface area (Å²) in [6, 6.07) is 16.5. The Morgan fingerprint density at radius 1 is 1.14 bits per heavy atom. The van der Waals surface area contributed by atoms with Crippen LogP contribution in [0.5, 0.6) is 0 Å². The normalized spacial score (nSPS) is 18.0. The molecule has 0 spiro atoms. The number of nitrogens with zero attached hydrogens (tertiary/aromatic N) is 1. The molecule has 0 radical (unpaired) electrons. The van der Waals surface area contributed by atoms with E-state index in [0.717, 1.165) is 24.1 Å². The summed E-state index contributed by atoms with van der Waals surface area (Å²) in [4.78, 5) is 14.2. The lowest BCUT2D eigenvalue weighted by molar-refractivity contribution is -0.129. The second kappa shape index (κ2) is 6.08. The van der Waals surface area contributed by atoms with E-state index < -0.39 is 0 Å². The third-order valence-corrected chi connectivity index (χ3v) is 4.06. The van der Waals surface area contributed by atoms with Gasteiger partial charge in [-0.1, -0.05) is 42.5 Å². The Balaban J connectivity index is 1.63. The molecular formula is C18H18FNO. The van der Waals surface area contributed by atoms with Gasteiger partial charge >= 0.3 is 0 Å². The lowest BCUT2D eigenvalue weighted by Crippen LogP contribution is -2.29. The summed E-state index contributed by atoms with van der Waals surface area (Å²) in [5.74, 6) is 0.196. The second-order valence-corrected chi connectivity index (χ2v) is 5.54.